The molecule has 0 radical (unpaired) electrons. The molecule has 8 heteroatoms. The second-order valence-electron chi connectivity index (χ2n) is 5.90. The van der Waals surface area contributed by atoms with E-state index in [1.807, 2.05) is 28.8 Å². The highest BCUT2D eigenvalue weighted by atomic mass is 32.2. The van der Waals surface area contributed by atoms with E-state index < -0.39 is 0 Å². The first-order chi connectivity index (χ1) is 13.7. The van der Waals surface area contributed by atoms with Crippen LogP contribution in [0.4, 0.5) is 5.69 Å². The highest BCUT2D eigenvalue weighted by Crippen LogP contribution is 2.20. The summed E-state index contributed by atoms with van der Waals surface area (Å²) in [7, 11) is 1.64. The van der Waals surface area contributed by atoms with Crippen LogP contribution in [0.3, 0.4) is 0 Å². The summed E-state index contributed by atoms with van der Waals surface area (Å²) in [4.78, 5) is 16.1. The zero-order chi connectivity index (χ0) is 19.8. The number of aromatic nitrogens is 4. The number of pyridine rings is 1. The molecule has 7 nitrogen and oxygen atoms in total. The van der Waals surface area contributed by atoms with Gasteiger partial charge in [-0.3, -0.25) is 9.78 Å². The molecular formula is C20H21N5O2S. The Balaban J connectivity index is 1.65. The van der Waals surface area contributed by atoms with Gasteiger partial charge in [0, 0.05) is 19.2 Å². The fourth-order valence-electron chi connectivity index (χ4n) is 2.56. The Hall–Kier alpha value is -3.13. The number of thioether (sulfide) groups is 1. The van der Waals surface area contributed by atoms with Crippen LogP contribution in [-0.4, -0.2) is 38.5 Å². The average Bonchev–Trinajstić information content (AvgIpc) is 3.09. The maximum atomic E-state index is 12.2. The molecule has 0 atom stereocenters. The standard InChI is InChI=1S/C20H21N5O2S/c1-3-11-25-18(12-15-6-8-17(27-2)9-7-15)23-24-20(25)28-14-19(26)22-16-5-4-10-21-13-16/h3-10,13H,1,11-12,14H2,2H3,(H,22,26). The van der Waals surface area contributed by atoms with Crippen molar-refractivity contribution in [3.8, 4) is 5.75 Å². The lowest BCUT2D eigenvalue weighted by molar-refractivity contribution is -0.113. The highest BCUT2D eigenvalue weighted by molar-refractivity contribution is 7.99. The van der Waals surface area contributed by atoms with Gasteiger partial charge >= 0.3 is 0 Å². The molecule has 0 fully saturated rings. The van der Waals surface area contributed by atoms with Gasteiger partial charge in [-0.05, 0) is 29.8 Å². The first-order valence-electron chi connectivity index (χ1n) is 8.68. The van der Waals surface area contributed by atoms with Crippen LogP contribution in [0.1, 0.15) is 11.4 Å². The third kappa shape index (κ3) is 5.20. The largest absolute Gasteiger partial charge is 0.497 e. The lowest BCUT2D eigenvalue weighted by Gasteiger charge is -2.08. The van der Waals surface area contributed by atoms with E-state index >= 15 is 0 Å². The smallest absolute Gasteiger partial charge is 0.234 e. The maximum Gasteiger partial charge on any atom is 0.234 e. The lowest BCUT2D eigenvalue weighted by atomic mass is 10.1. The Bertz CT molecular complexity index is 926. The van der Waals surface area contributed by atoms with Gasteiger partial charge in [0.2, 0.25) is 5.91 Å². The number of anilines is 1. The Kier molecular flexibility index (Phi) is 6.80. The van der Waals surface area contributed by atoms with Crippen LogP contribution in [0, 0.1) is 0 Å². The number of nitrogens with one attached hydrogen (secondary N) is 1. The molecule has 3 rings (SSSR count). The van der Waals surface area contributed by atoms with Crippen molar-refractivity contribution in [3.05, 3.63) is 72.8 Å². The predicted octanol–water partition coefficient (Wildman–Crippen LogP) is 3.19. The van der Waals surface area contributed by atoms with Gasteiger partial charge in [0.1, 0.15) is 11.6 Å². The summed E-state index contributed by atoms with van der Waals surface area (Å²) in [5, 5.41) is 12.1. The van der Waals surface area contributed by atoms with Crippen molar-refractivity contribution in [1.29, 1.82) is 0 Å². The summed E-state index contributed by atoms with van der Waals surface area (Å²) in [5.41, 5.74) is 1.77. The van der Waals surface area contributed by atoms with Crippen molar-refractivity contribution in [2.24, 2.45) is 0 Å². The average molecular weight is 395 g/mol. The van der Waals surface area contributed by atoms with E-state index in [0.717, 1.165) is 17.1 Å². The minimum Gasteiger partial charge on any atom is -0.497 e. The molecule has 0 bridgehead atoms. The van der Waals surface area contributed by atoms with Gasteiger partial charge in [0.25, 0.3) is 0 Å². The summed E-state index contributed by atoms with van der Waals surface area (Å²) in [6.07, 6.45) is 5.69. The van der Waals surface area contributed by atoms with Gasteiger partial charge in [-0.25, -0.2) is 0 Å². The third-order valence-corrected chi connectivity index (χ3v) is 4.87. The topological polar surface area (TPSA) is 81.9 Å². The molecule has 0 unspecified atom stereocenters. The Labute approximate surface area is 167 Å². The fourth-order valence-corrected chi connectivity index (χ4v) is 3.33. The minimum absolute atomic E-state index is 0.122. The van der Waals surface area contributed by atoms with Crippen LogP contribution in [0.25, 0.3) is 0 Å². The normalized spacial score (nSPS) is 10.5. The van der Waals surface area contributed by atoms with E-state index in [0.29, 0.717) is 23.8 Å². The third-order valence-electron chi connectivity index (χ3n) is 3.90. The quantitative estimate of drug-likeness (QED) is 0.443. The Morgan fingerprint density at radius 3 is 2.79 bits per heavy atom. The van der Waals surface area contributed by atoms with Crippen molar-refractivity contribution >= 4 is 23.4 Å². The molecule has 0 saturated heterocycles. The van der Waals surface area contributed by atoms with Crippen molar-refractivity contribution in [1.82, 2.24) is 19.7 Å². The molecule has 0 aliphatic rings. The molecule has 0 aliphatic carbocycles. The molecule has 3 aromatic rings. The van der Waals surface area contributed by atoms with Gasteiger partial charge in [-0.1, -0.05) is 30.0 Å². The molecule has 1 aromatic carbocycles. The zero-order valence-corrected chi connectivity index (χ0v) is 16.4. The van der Waals surface area contributed by atoms with Crippen LogP contribution in [0.15, 0.2) is 66.6 Å². The highest BCUT2D eigenvalue weighted by Gasteiger charge is 2.14. The van der Waals surface area contributed by atoms with Gasteiger partial charge in [0.15, 0.2) is 5.16 Å². The van der Waals surface area contributed by atoms with Crippen molar-refractivity contribution < 1.29 is 9.53 Å². The maximum absolute atomic E-state index is 12.2. The molecule has 2 aromatic heterocycles. The summed E-state index contributed by atoms with van der Waals surface area (Å²) in [5.74, 6) is 1.74. The number of allylic oxidation sites excluding steroid dienone is 1. The second-order valence-corrected chi connectivity index (χ2v) is 6.84. The van der Waals surface area contributed by atoms with Crippen molar-refractivity contribution in [2.75, 3.05) is 18.2 Å². The first-order valence-corrected chi connectivity index (χ1v) is 9.66. The Morgan fingerprint density at radius 1 is 1.29 bits per heavy atom. The van der Waals surface area contributed by atoms with E-state index in [9.17, 15) is 4.79 Å². The van der Waals surface area contributed by atoms with E-state index in [2.05, 4.69) is 27.1 Å². The molecule has 0 saturated carbocycles. The first kappa shape index (κ1) is 19.6. The molecule has 2 heterocycles. The minimum atomic E-state index is -0.122. The number of nitrogens with zero attached hydrogens (tertiary/aromatic N) is 4. The van der Waals surface area contributed by atoms with E-state index in [1.54, 1.807) is 37.7 Å². The molecule has 1 N–H and O–H groups in total. The summed E-state index contributed by atoms with van der Waals surface area (Å²) >= 11 is 1.34. The number of amides is 1. The molecule has 0 aliphatic heterocycles. The summed E-state index contributed by atoms with van der Waals surface area (Å²) in [6, 6.07) is 11.4. The van der Waals surface area contributed by atoms with Gasteiger partial charge in [-0.2, -0.15) is 0 Å². The van der Waals surface area contributed by atoms with Crippen molar-refractivity contribution in [3.63, 3.8) is 0 Å². The summed E-state index contributed by atoms with van der Waals surface area (Å²) in [6.45, 7) is 4.38. The zero-order valence-electron chi connectivity index (χ0n) is 15.5. The number of carbonyl (C=O) groups excluding carboxylic acids is 1. The number of methoxy groups -OCH3 is 1. The van der Waals surface area contributed by atoms with Crippen LogP contribution in [0.2, 0.25) is 0 Å². The SMILES string of the molecule is C=CCn1c(Cc2ccc(OC)cc2)nnc1SCC(=O)Nc1cccnc1. The van der Waals surface area contributed by atoms with Crippen LogP contribution in [0.5, 0.6) is 5.75 Å². The molecular weight excluding hydrogens is 374 g/mol. The van der Waals surface area contributed by atoms with Gasteiger partial charge in [0.05, 0.1) is 24.7 Å². The number of carbonyl (C=O) groups is 1. The van der Waals surface area contributed by atoms with Gasteiger partial charge in [-0.15, -0.1) is 16.8 Å². The van der Waals surface area contributed by atoms with E-state index in [1.165, 1.54) is 11.8 Å². The monoisotopic (exact) mass is 395 g/mol. The van der Waals surface area contributed by atoms with Crippen LogP contribution < -0.4 is 10.1 Å². The van der Waals surface area contributed by atoms with Crippen LogP contribution in [-0.2, 0) is 17.8 Å². The molecule has 0 spiro atoms. The predicted molar refractivity (Wildman–Crippen MR) is 110 cm³/mol. The second kappa shape index (κ2) is 9.70. The van der Waals surface area contributed by atoms with Crippen LogP contribution >= 0.6 is 11.8 Å². The molecule has 1 amide bonds. The number of ether oxygens (including phenoxy) is 1. The van der Waals surface area contributed by atoms with E-state index in [4.69, 9.17) is 4.74 Å². The number of benzene rings is 1. The lowest BCUT2D eigenvalue weighted by Crippen LogP contribution is -2.15. The fraction of sp³-hybridized carbons (Fsp3) is 0.200. The molecule has 28 heavy (non-hydrogen) atoms. The van der Waals surface area contributed by atoms with Crippen molar-refractivity contribution in [2.45, 2.75) is 18.1 Å². The molecule has 144 valence electrons. The number of hydrogen-bond donors (Lipinski definition) is 1. The number of rotatable bonds is 9. The van der Waals surface area contributed by atoms with Gasteiger partial charge < -0.3 is 14.6 Å². The summed E-state index contributed by atoms with van der Waals surface area (Å²) < 4.78 is 7.16. The Morgan fingerprint density at radius 2 is 2.11 bits per heavy atom. The number of hydrogen-bond acceptors (Lipinski definition) is 6. The van der Waals surface area contributed by atoms with E-state index in [-0.39, 0.29) is 11.7 Å².